The number of carbonyl (C=O) groups excluding carboxylic acids is 1. The van der Waals surface area contributed by atoms with E-state index in [9.17, 15) is 4.79 Å². The zero-order chi connectivity index (χ0) is 12.3. The Morgan fingerprint density at radius 2 is 1.82 bits per heavy atom. The van der Waals surface area contributed by atoms with E-state index in [0.717, 1.165) is 65.2 Å². The summed E-state index contributed by atoms with van der Waals surface area (Å²) in [6, 6.07) is -0.0413. The third-order valence-electron chi connectivity index (χ3n) is 2.86. The summed E-state index contributed by atoms with van der Waals surface area (Å²) in [5, 5.41) is 5.71. The number of nitrogens with one attached hydrogen (secondary N) is 2. The van der Waals surface area contributed by atoms with Crippen LogP contribution >= 0.6 is 0 Å². The van der Waals surface area contributed by atoms with E-state index in [2.05, 4.69) is 22.5 Å². The first-order valence-corrected chi connectivity index (χ1v) is 6.64. The quantitative estimate of drug-likeness (QED) is 0.651. The third kappa shape index (κ3) is 7.18. The molecule has 1 rings (SSSR count). The second-order valence-corrected chi connectivity index (χ2v) is 4.34. The summed E-state index contributed by atoms with van der Waals surface area (Å²) in [7, 11) is 0. The van der Waals surface area contributed by atoms with E-state index in [-0.39, 0.29) is 6.03 Å². The van der Waals surface area contributed by atoms with Crippen LogP contribution in [0.4, 0.5) is 4.79 Å². The van der Waals surface area contributed by atoms with Crippen LogP contribution in [-0.2, 0) is 4.74 Å². The van der Waals surface area contributed by atoms with Crippen molar-refractivity contribution in [3.8, 4) is 0 Å². The van der Waals surface area contributed by atoms with Crippen LogP contribution in [0.2, 0.25) is 0 Å². The van der Waals surface area contributed by atoms with Crippen LogP contribution in [0.1, 0.15) is 26.2 Å². The number of morpholine rings is 1. The second kappa shape index (κ2) is 9.24. The maximum absolute atomic E-state index is 11.3. The third-order valence-corrected chi connectivity index (χ3v) is 2.86. The molecule has 0 radical (unpaired) electrons. The van der Waals surface area contributed by atoms with Gasteiger partial charge >= 0.3 is 6.03 Å². The van der Waals surface area contributed by atoms with Crippen molar-refractivity contribution in [1.82, 2.24) is 15.5 Å². The van der Waals surface area contributed by atoms with Crippen molar-refractivity contribution < 1.29 is 9.53 Å². The number of rotatable bonds is 7. The molecule has 0 aliphatic carbocycles. The summed E-state index contributed by atoms with van der Waals surface area (Å²) in [5.41, 5.74) is 0. The van der Waals surface area contributed by atoms with Gasteiger partial charge in [0.15, 0.2) is 0 Å². The Labute approximate surface area is 104 Å². The highest BCUT2D eigenvalue weighted by molar-refractivity contribution is 5.73. The molecule has 0 aromatic rings. The number of amides is 2. The van der Waals surface area contributed by atoms with Gasteiger partial charge in [-0.3, -0.25) is 4.90 Å². The first kappa shape index (κ1) is 14.3. The summed E-state index contributed by atoms with van der Waals surface area (Å²) in [6.07, 6.45) is 3.15. The number of urea groups is 1. The highest BCUT2D eigenvalue weighted by Crippen LogP contribution is 1.97. The Kier molecular flexibility index (Phi) is 7.75. The maximum atomic E-state index is 11.3. The molecule has 0 unspecified atom stereocenters. The average molecular weight is 243 g/mol. The minimum Gasteiger partial charge on any atom is -0.379 e. The summed E-state index contributed by atoms with van der Waals surface area (Å²) >= 11 is 0. The summed E-state index contributed by atoms with van der Waals surface area (Å²) in [6.45, 7) is 8.38. The lowest BCUT2D eigenvalue weighted by molar-refractivity contribution is 0.0375. The molecule has 1 aliphatic rings. The zero-order valence-corrected chi connectivity index (χ0v) is 10.8. The largest absolute Gasteiger partial charge is 0.379 e. The van der Waals surface area contributed by atoms with Crippen molar-refractivity contribution in [2.75, 3.05) is 45.9 Å². The molecule has 1 aliphatic heterocycles. The van der Waals surface area contributed by atoms with E-state index in [1.807, 2.05) is 0 Å². The van der Waals surface area contributed by atoms with E-state index < -0.39 is 0 Å². The van der Waals surface area contributed by atoms with Crippen molar-refractivity contribution in [3.05, 3.63) is 0 Å². The molecule has 5 nitrogen and oxygen atoms in total. The van der Waals surface area contributed by atoms with E-state index in [0.29, 0.717) is 0 Å². The average Bonchev–Trinajstić information content (AvgIpc) is 2.36. The molecule has 0 aromatic carbocycles. The Bertz CT molecular complexity index is 206. The predicted octanol–water partition coefficient (Wildman–Crippen LogP) is 0.808. The Morgan fingerprint density at radius 1 is 1.18 bits per heavy atom. The van der Waals surface area contributed by atoms with Crippen molar-refractivity contribution >= 4 is 6.03 Å². The normalized spacial score (nSPS) is 16.8. The second-order valence-electron chi connectivity index (χ2n) is 4.34. The highest BCUT2D eigenvalue weighted by Gasteiger charge is 2.09. The molecule has 2 amide bonds. The topological polar surface area (TPSA) is 53.6 Å². The molecule has 0 atom stereocenters. The molecule has 0 spiro atoms. The van der Waals surface area contributed by atoms with Crippen LogP contribution in [0.5, 0.6) is 0 Å². The summed E-state index contributed by atoms with van der Waals surface area (Å²) in [5.74, 6) is 0. The Balaban J connectivity index is 1.90. The van der Waals surface area contributed by atoms with Crippen LogP contribution in [-0.4, -0.2) is 56.9 Å². The van der Waals surface area contributed by atoms with Gasteiger partial charge in [-0.05, 0) is 19.4 Å². The van der Waals surface area contributed by atoms with E-state index >= 15 is 0 Å². The lowest BCUT2D eigenvalue weighted by Crippen LogP contribution is -2.40. The maximum Gasteiger partial charge on any atom is 0.314 e. The standard InChI is InChI=1S/C12H25N3O2/c1-2-3-5-13-12(16)14-6-4-7-15-8-10-17-11-9-15/h2-11H2,1H3,(H2,13,14,16). The number of carbonyl (C=O) groups is 1. The molecular weight excluding hydrogens is 218 g/mol. The molecule has 1 saturated heterocycles. The van der Waals surface area contributed by atoms with Crippen LogP contribution in [0, 0.1) is 0 Å². The number of nitrogens with zero attached hydrogens (tertiary/aromatic N) is 1. The fourth-order valence-corrected chi connectivity index (χ4v) is 1.77. The molecule has 1 heterocycles. The van der Waals surface area contributed by atoms with Gasteiger partial charge in [-0.15, -0.1) is 0 Å². The summed E-state index contributed by atoms with van der Waals surface area (Å²) in [4.78, 5) is 13.7. The monoisotopic (exact) mass is 243 g/mol. The van der Waals surface area contributed by atoms with Gasteiger partial charge in [-0.2, -0.15) is 0 Å². The Hall–Kier alpha value is -0.810. The predicted molar refractivity (Wildman–Crippen MR) is 68.2 cm³/mol. The van der Waals surface area contributed by atoms with Crippen molar-refractivity contribution in [1.29, 1.82) is 0 Å². The number of ether oxygens (including phenoxy) is 1. The van der Waals surface area contributed by atoms with E-state index in [1.54, 1.807) is 0 Å². The molecule has 17 heavy (non-hydrogen) atoms. The lowest BCUT2D eigenvalue weighted by Gasteiger charge is -2.26. The number of unbranched alkanes of at least 4 members (excludes halogenated alkanes) is 1. The smallest absolute Gasteiger partial charge is 0.314 e. The fourth-order valence-electron chi connectivity index (χ4n) is 1.77. The van der Waals surface area contributed by atoms with Crippen molar-refractivity contribution in [3.63, 3.8) is 0 Å². The van der Waals surface area contributed by atoms with Gasteiger partial charge in [-0.25, -0.2) is 4.79 Å². The van der Waals surface area contributed by atoms with Crippen molar-refractivity contribution in [2.45, 2.75) is 26.2 Å². The van der Waals surface area contributed by atoms with E-state index in [4.69, 9.17) is 4.74 Å². The summed E-state index contributed by atoms with van der Waals surface area (Å²) < 4.78 is 5.28. The minimum absolute atomic E-state index is 0.0413. The minimum atomic E-state index is -0.0413. The van der Waals surface area contributed by atoms with Crippen molar-refractivity contribution in [2.24, 2.45) is 0 Å². The molecule has 5 heteroatoms. The van der Waals surface area contributed by atoms with Gasteiger partial charge < -0.3 is 15.4 Å². The van der Waals surface area contributed by atoms with Gasteiger partial charge in [0, 0.05) is 26.2 Å². The van der Waals surface area contributed by atoms with Crippen LogP contribution in [0.3, 0.4) is 0 Å². The molecule has 0 saturated carbocycles. The van der Waals surface area contributed by atoms with Gasteiger partial charge in [0.25, 0.3) is 0 Å². The zero-order valence-electron chi connectivity index (χ0n) is 10.8. The first-order chi connectivity index (χ1) is 8.33. The SMILES string of the molecule is CCCCNC(=O)NCCCN1CCOCC1. The van der Waals surface area contributed by atoms with Crippen LogP contribution < -0.4 is 10.6 Å². The van der Waals surface area contributed by atoms with Gasteiger partial charge in [-0.1, -0.05) is 13.3 Å². The first-order valence-electron chi connectivity index (χ1n) is 6.64. The highest BCUT2D eigenvalue weighted by atomic mass is 16.5. The number of hydrogen-bond acceptors (Lipinski definition) is 3. The number of hydrogen-bond donors (Lipinski definition) is 2. The van der Waals surface area contributed by atoms with Gasteiger partial charge in [0.1, 0.15) is 0 Å². The fraction of sp³-hybridized carbons (Fsp3) is 0.917. The Morgan fingerprint density at radius 3 is 2.47 bits per heavy atom. The molecule has 0 aromatic heterocycles. The molecule has 0 bridgehead atoms. The van der Waals surface area contributed by atoms with Gasteiger partial charge in [0.05, 0.1) is 13.2 Å². The molecular formula is C12H25N3O2. The lowest BCUT2D eigenvalue weighted by atomic mass is 10.3. The van der Waals surface area contributed by atoms with Gasteiger partial charge in [0.2, 0.25) is 0 Å². The van der Waals surface area contributed by atoms with Crippen LogP contribution in [0.25, 0.3) is 0 Å². The van der Waals surface area contributed by atoms with Crippen LogP contribution in [0.15, 0.2) is 0 Å². The molecule has 1 fully saturated rings. The molecule has 100 valence electrons. The molecule has 2 N–H and O–H groups in total. The van der Waals surface area contributed by atoms with E-state index in [1.165, 1.54) is 0 Å².